The van der Waals surface area contributed by atoms with E-state index in [9.17, 15) is 0 Å². The summed E-state index contributed by atoms with van der Waals surface area (Å²) in [5.74, 6) is 1.72. The maximum absolute atomic E-state index is 5.92. The Hall–Kier alpha value is -1.89. The molecular weight excluding hydrogens is 256 g/mol. The summed E-state index contributed by atoms with van der Waals surface area (Å²) < 4.78 is 6.99. The van der Waals surface area contributed by atoms with Gasteiger partial charge in [-0.25, -0.2) is 9.97 Å². The number of aromatic nitrogens is 5. The fourth-order valence-electron chi connectivity index (χ4n) is 1.59. The largest absolute Gasteiger partial charge is 0.490 e. The van der Waals surface area contributed by atoms with Crippen molar-refractivity contribution in [2.24, 2.45) is 7.05 Å². The van der Waals surface area contributed by atoms with Gasteiger partial charge in [0.2, 0.25) is 0 Å². The molecule has 0 aliphatic carbocycles. The lowest BCUT2D eigenvalue weighted by Crippen LogP contribution is -2.13. The lowest BCUT2D eigenvalue weighted by molar-refractivity contribution is 0.412. The van der Waals surface area contributed by atoms with Crippen molar-refractivity contribution in [3.63, 3.8) is 0 Å². The van der Waals surface area contributed by atoms with Crippen LogP contribution in [0, 0.1) is 0 Å². The van der Waals surface area contributed by atoms with Gasteiger partial charge in [0.25, 0.3) is 0 Å². The van der Waals surface area contributed by atoms with Crippen LogP contribution in [-0.4, -0.2) is 31.8 Å². The second-order valence-electron chi connectivity index (χ2n) is 3.71. The number of anilines is 1. The molecule has 0 spiro atoms. The molecule has 0 saturated carbocycles. The van der Waals surface area contributed by atoms with Gasteiger partial charge in [-0.3, -0.25) is 0 Å². The molecule has 96 valence electrons. The van der Waals surface area contributed by atoms with Crippen molar-refractivity contribution in [1.82, 2.24) is 24.7 Å². The van der Waals surface area contributed by atoms with Gasteiger partial charge >= 0.3 is 0 Å². The standard InChI is InChI=1S/C10H13ClN6O/c1-6(10-16-14-5-17(10)2)15-9-7(18-3)8(11)12-4-13-9/h4-6H,1-3H3,(H,12,13,15). The van der Waals surface area contributed by atoms with Crippen LogP contribution in [0.4, 0.5) is 5.82 Å². The Morgan fingerprint density at radius 3 is 2.83 bits per heavy atom. The predicted octanol–water partition coefficient (Wildman–Crippen LogP) is 1.44. The Balaban J connectivity index is 2.24. The van der Waals surface area contributed by atoms with Crippen LogP contribution in [0.3, 0.4) is 0 Å². The SMILES string of the molecule is COc1c(Cl)ncnc1NC(C)c1nncn1C. The average molecular weight is 269 g/mol. The minimum atomic E-state index is -0.0858. The number of rotatable bonds is 4. The van der Waals surface area contributed by atoms with Crippen molar-refractivity contribution in [2.75, 3.05) is 12.4 Å². The van der Waals surface area contributed by atoms with Crippen molar-refractivity contribution >= 4 is 17.4 Å². The van der Waals surface area contributed by atoms with E-state index < -0.39 is 0 Å². The summed E-state index contributed by atoms with van der Waals surface area (Å²) in [7, 11) is 3.39. The van der Waals surface area contributed by atoms with E-state index in [1.165, 1.54) is 13.4 Å². The van der Waals surface area contributed by atoms with Crippen molar-refractivity contribution in [3.05, 3.63) is 23.6 Å². The molecule has 8 heteroatoms. The predicted molar refractivity (Wildman–Crippen MR) is 66.6 cm³/mol. The first-order valence-corrected chi connectivity index (χ1v) is 5.66. The Morgan fingerprint density at radius 1 is 1.44 bits per heavy atom. The van der Waals surface area contributed by atoms with E-state index in [1.54, 1.807) is 6.33 Å². The lowest BCUT2D eigenvalue weighted by Gasteiger charge is -2.15. The smallest absolute Gasteiger partial charge is 0.198 e. The molecule has 0 radical (unpaired) electrons. The molecule has 0 aromatic carbocycles. The summed E-state index contributed by atoms with van der Waals surface area (Å²) in [6.45, 7) is 1.94. The summed E-state index contributed by atoms with van der Waals surface area (Å²) in [6.07, 6.45) is 3.01. The molecule has 2 aromatic rings. The number of aryl methyl sites for hydroxylation is 1. The third-order valence-corrected chi connectivity index (χ3v) is 2.72. The summed E-state index contributed by atoms with van der Waals surface area (Å²) in [6, 6.07) is -0.0858. The van der Waals surface area contributed by atoms with Gasteiger partial charge in [0.1, 0.15) is 12.7 Å². The maximum Gasteiger partial charge on any atom is 0.198 e. The normalized spacial score (nSPS) is 12.2. The number of methoxy groups -OCH3 is 1. The summed E-state index contributed by atoms with van der Waals surface area (Å²) >= 11 is 5.92. The number of halogens is 1. The first-order valence-electron chi connectivity index (χ1n) is 5.28. The van der Waals surface area contributed by atoms with E-state index in [-0.39, 0.29) is 11.2 Å². The molecule has 0 aliphatic rings. The van der Waals surface area contributed by atoms with Crippen molar-refractivity contribution < 1.29 is 4.74 Å². The van der Waals surface area contributed by atoms with Gasteiger partial charge in [-0.2, -0.15) is 0 Å². The third-order valence-electron chi connectivity index (χ3n) is 2.45. The maximum atomic E-state index is 5.92. The molecule has 2 heterocycles. The first kappa shape index (κ1) is 12.6. The minimum Gasteiger partial charge on any atom is -0.490 e. The highest BCUT2D eigenvalue weighted by atomic mass is 35.5. The zero-order valence-corrected chi connectivity index (χ0v) is 11.0. The summed E-state index contributed by atoms with van der Waals surface area (Å²) in [4.78, 5) is 7.96. The van der Waals surface area contributed by atoms with Crippen LogP contribution in [0.5, 0.6) is 5.75 Å². The topological polar surface area (TPSA) is 77.8 Å². The zero-order valence-electron chi connectivity index (χ0n) is 10.3. The lowest BCUT2D eigenvalue weighted by atomic mass is 10.3. The average Bonchev–Trinajstić information content (AvgIpc) is 2.76. The fourth-order valence-corrected chi connectivity index (χ4v) is 1.80. The minimum absolute atomic E-state index is 0.0858. The van der Waals surface area contributed by atoms with Crippen molar-refractivity contribution in [1.29, 1.82) is 0 Å². The van der Waals surface area contributed by atoms with E-state index in [0.29, 0.717) is 11.6 Å². The van der Waals surface area contributed by atoms with Crippen LogP contribution < -0.4 is 10.1 Å². The van der Waals surface area contributed by atoms with Gasteiger partial charge in [0, 0.05) is 7.05 Å². The summed E-state index contributed by atoms with van der Waals surface area (Å²) in [5.41, 5.74) is 0. The highest BCUT2D eigenvalue weighted by molar-refractivity contribution is 6.31. The number of hydrogen-bond acceptors (Lipinski definition) is 6. The number of hydrogen-bond donors (Lipinski definition) is 1. The van der Waals surface area contributed by atoms with Gasteiger partial charge in [-0.1, -0.05) is 11.6 Å². The van der Waals surface area contributed by atoms with Gasteiger partial charge < -0.3 is 14.6 Å². The second-order valence-corrected chi connectivity index (χ2v) is 4.07. The van der Waals surface area contributed by atoms with Crippen LogP contribution in [0.25, 0.3) is 0 Å². The molecule has 18 heavy (non-hydrogen) atoms. The molecule has 2 rings (SSSR count). The fraction of sp³-hybridized carbons (Fsp3) is 0.400. The quantitative estimate of drug-likeness (QED) is 0.846. The Morgan fingerprint density at radius 2 is 2.22 bits per heavy atom. The van der Waals surface area contributed by atoms with Gasteiger partial charge in [0.05, 0.1) is 13.2 Å². The van der Waals surface area contributed by atoms with E-state index >= 15 is 0 Å². The Labute approximate surface area is 109 Å². The Bertz CT molecular complexity index is 543. The van der Waals surface area contributed by atoms with Crippen molar-refractivity contribution in [2.45, 2.75) is 13.0 Å². The number of ether oxygens (including phenoxy) is 1. The molecule has 0 saturated heterocycles. The number of nitrogens with one attached hydrogen (secondary N) is 1. The molecule has 0 bridgehead atoms. The molecule has 0 aliphatic heterocycles. The molecule has 1 N–H and O–H groups in total. The number of nitrogens with zero attached hydrogens (tertiary/aromatic N) is 5. The second kappa shape index (κ2) is 5.18. The molecular formula is C10H13ClN6O. The van der Waals surface area contributed by atoms with E-state index in [4.69, 9.17) is 16.3 Å². The molecule has 1 unspecified atom stereocenters. The Kier molecular flexibility index (Phi) is 3.61. The van der Waals surface area contributed by atoms with Crippen LogP contribution in [0.2, 0.25) is 5.15 Å². The van der Waals surface area contributed by atoms with E-state index in [0.717, 1.165) is 5.82 Å². The molecule has 2 aromatic heterocycles. The molecule has 0 amide bonds. The highest BCUT2D eigenvalue weighted by Gasteiger charge is 2.16. The van der Waals surface area contributed by atoms with Crippen molar-refractivity contribution in [3.8, 4) is 5.75 Å². The monoisotopic (exact) mass is 268 g/mol. The van der Waals surface area contributed by atoms with Gasteiger partial charge in [0.15, 0.2) is 22.5 Å². The summed E-state index contributed by atoms with van der Waals surface area (Å²) in [5, 5.41) is 11.3. The zero-order chi connectivity index (χ0) is 13.1. The molecule has 1 atom stereocenters. The molecule has 0 fully saturated rings. The van der Waals surface area contributed by atoms with Crippen LogP contribution >= 0.6 is 11.6 Å². The van der Waals surface area contributed by atoms with Crippen LogP contribution in [0.1, 0.15) is 18.8 Å². The van der Waals surface area contributed by atoms with Crippen LogP contribution in [-0.2, 0) is 7.05 Å². The third kappa shape index (κ3) is 2.35. The van der Waals surface area contributed by atoms with E-state index in [2.05, 4.69) is 25.5 Å². The van der Waals surface area contributed by atoms with Gasteiger partial charge in [-0.05, 0) is 6.92 Å². The first-order chi connectivity index (χ1) is 8.63. The van der Waals surface area contributed by atoms with E-state index in [1.807, 2.05) is 18.5 Å². The van der Waals surface area contributed by atoms with Crippen LogP contribution in [0.15, 0.2) is 12.7 Å². The highest BCUT2D eigenvalue weighted by Crippen LogP contribution is 2.30. The van der Waals surface area contributed by atoms with Gasteiger partial charge in [-0.15, -0.1) is 10.2 Å². The molecule has 7 nitrogen and oxygen atoms in total.